The number of halogens is 3. The van der Waals surface area contributed by atoms with Crippen molar-refractivity contribution in [3.8, 4) is 6.07 Å². The van der Waals surface area contributed by atoms with Gasteiger partial charge in [-0.15, -0.1) is 0 Å². The minimum atomic E-state index is -4.78. The molecule has 2 rings (SSSR count). The molecule has 0 saturated carbocycles. The third-order valence-corrected chi connectivity index (χ3v) is 5.66. The molecule has 0 amide bonds. The number of benzene rings is 1. The highest BCUT2D eigenvalue weighted by Crippen LogP contribution is 2.34. The molecule has 23 heavy (non-hydrogen) atoms. The lowest BCUT2D eigenvalue weighted by Gasteiger charge is -2.18. The SMILES string of the molecule is CNCC1CCN(S(=O)(=O)c2ccc(C#N)c(C(F)(F)F)c2)C1. The molecule has 1 unspecified atom stereocenters. The number of hydrogen-bond donors (Lipinski definition) is 1. The number of nitriles is 1. The van der Waals surface area contributed by atoms with Crippen LogP contribution in [0.1, 0.15) is 17.5 Å². The normalized spacial score (nSPS) is 19.7. The van der Waals surface area contributed by atoms with Crippen LogP contribution in [0, 0.1) is 17.2 Å². The van der Waals surface area contributed by atoms with Crippen molar-refractivity contribution in [2.75, 3.05) is 26.7 Å². The monoisotopic (exact) mass is 347 g/mol. The Morgan fingerprint density at radius 2 is 2.13 bits per heavy atom. The second kappa shape index (κ2) is 6.47. The third-order valence-electron chi connectivity index (χ3n) is 3.80. The van der Waals surface area contributed by atoms with Crippen LogP contribution in [0.25, 0.3) is 0 Å². The first kappa shape index (κ1) is 17.7. The molecule has 126 valence electrons. The summed E-state index contributed by atoms with van der Waals surface area (Å²) in [7, 11) is -2.24. The molecule has 1 fully saturated rings. The molecule has 9 heteroatoms. The summed E-state index contributed by atoms with van der Waals surface area (Å²) in [6.07, 6.45) is -4.13. The van der Waals surface area contributed by atoms with Crippen LogP contribution in [-0.2, 0) is 16.2 Å². The van der Waals surface area contributed by atoms with Gasteiger partial charge < -0.3 is 5.32 Å². The maximum absolute atomic E-state index is 13.0. The van der Waals surface area contributed by atoms with E-state index < -0.39 is 32.2 Å². The van der Waals surface area contributed by atoms with Crippen LogP contribution in [0.3, 0.4) is 0 Å². The highest BCUT2D eigenvalue weighted by Gasteiger charge is 2.37. The fraction of sp³-hybridized carbons (Fsp3) is 0.500. The van der Waals surface area contributed by atoms with Gasteiger partial charge in [0.25, 0.3) is 0 Å². The summed E-state index contributed by atoms with van der Waals surface area (Å²) in [5, 5.41) is 11.7. The average Bonchev–Trinajstić information content (AvgIpc) is 2.95. The molecule has 1 heterocycles. The van der Waals surface area contributed by atoms with E-state index in [1.807, 2.05) is 0 Å². The highest BCUT2D eigenvalue weighted by atomic mass is 32.2. The smallest absolute Gasteiger partial charge is 0.319 e. The predicted molar refractivity (Wildman–Crippen MR) is 77.0 cm³/mol. The summed E-state index contributed by atoms with van der Waals surface area (Å²) >= 11 is 0. The maximum atomic E-state index is 13.0. The lowest BCUT2D eigenvalue weighted by atomic mass is 10.1. The minimum absolute atomic E-state index is 0.134. The van der Waals surface area contributed by atoms with E-state index in [9.17, 15) is 21.6 Å². The first-order valence-corrected chi connectivity index (χ1v) is 8.40. The van der Waals surface area contributed by atoms with E-state index in [2.05, 4.69) is 5.32 Å². The van der Waals surface area contributed by atoms with Crippen molar-refractivity contribution >= 4 is 10.0 Å². The van der Waals surface area contributed by atoms with E-state index in [4.69, 9.17) is 5.26 Å². The zero-order valence-corrected chi connectivity index (χ0v) is 13.2. The molecule has 5 nitrogen and oxygen atoms in total. The number of hydrogen-bond acceptors (Lipinski definition) is 4. The largest absolute Gasteiger partial charge is 0.417 e. The van der Waals surface area contributed by atoms with Gasteiger partial charge in [-0.2, -0.15) is 22.7 Å². The number of nitrogens with zero attached hydrogens (tertiary/aromatic N) is 2. The van der Waals surface area contributed by atoms with Crippen molar-refractivity contribution < 1.29 is 21.6 Å². The Labute approximate surface area is 132 Å². The summed E-state index contributed by atoms with van der Waals surface area (Å²) in [6, 6.07) is 3.93. The second-order valence-corrected chi connectivity index (χ2v) is 7.33. The van der Waals surface area contributed by atoms with Crippen molar-refractivity contribution in [2.45, 2.75) is 17.5 Å². The fourth-order valence-electron chi connectivity index (χ4n) is 2.64. The van der Waals surface area contributed by atoms with Crippen molar-refractivity contribution in [3.63, 3.8) is 0 Å². The lowest BCUT2D eigenvalue weighted by Crippen LogP contribution is -2.30. The van der Waals surface area contributed by atoms with Gasteiger partial charge in [0.15, 0.2) is 0 Å². The van der Waals surface area contributed by atoms with Gasteiger partial charge in [-0.3, -0.25) is 0 Å². The molecule has 1 aromatic rings. The molecule has 0 radical (unpaired) electrons. The molecule has 1 aromatic carbocycles. The second-order valence-electron chi connectivity index (χ2n) is 5.39. The van der Waals surface area contributed by atoms with E-state index in [0.717, 1.165) is 12.1 Å². The van der Waals surface area contributed by atoms with Crippen molar-refractivity contribution in [3.05, 3.63) is 29.3 Å². The van der Waals surface area contributed by atoms with Crippen LogP contribution in [0.15, 0.2) is 23.1 Å². The first-order valence-electron chi connectivity index (χ1n) is 6.96. The lowest BCUT2D eigenvalue weighted by molar-refractivity contribution is -0.137. The van der Waals surface area contributed by atoms with E-state index >= 15 is 0 Å². The Morgan fingerprint density at radius 3 is 2.70 bits per heavy atom. The zero-order chi connectivity index (χ0) is 17.3. The summed E-state index contributed by atoms with van der Waals surface area (Å²) in [6.45, 7) is 1.19. The van der Waals surface area contributed by atoms with Gasteiger partial charge in [-0.1, -0.05) is 0 Å². The van der Waals surface area contributed by atoms with Crippen LogP contribution in [0.5, 0.6) is 0 Å². The Bertz CT molecular complexity index is 726. The Balaban J connectivity index is 2.36. The van der Waals surface area contributed by atoms with Crippen molar-refractivity contribution in [2.24, 2.45) is 5.92 Å². The van der Waals surface area contributed by atoms with Crippen molar-refractivity contribution in [1.29, 1.82) is 5.26 Å². The molecule has 1 saturated heterocycles. The molecule has 1 aliphatic rings. The molecule has 0 bridgehead atoms. The van der Waals surface area contributed by atoms with Gasteiger partial charge in [0, 0.05) is 13.1 Å². The molecule has 1 N–H and O–H groups in total. The summed E-state index contributed by atoms with van der Waals surface area (Å²) in [5.41, 5.74) is -1.82. The minimum Gasteiger partial charge on any atom is -0.319 e. The molecular weight excluding hydrogens is 331 g/mol. The molecule has 1 aliphatic heterocycles. The van der Waals surface area contributed by atoms with E-state index in [-0.39, 0.29) is 19.0 Å². The summed E-state index contributed by atoms with van der Waals surface area (Å²) in [5.74, 6) is 0.134. The van der Waals surface area contributed by atoms with E-state index in [0.29, 0.717) is 19.0 Å². The first-order chi connectivity index (χ1) is 10.7. The number of alkyl halides is 3. The Kier molecular flexibility index (Phi) is 4.98. The maximum Gasteiger partial charge on any atom is 0.417 e. The van der Waals surface area contributed by atoms with Crippen LogP contribution >= 0.6 is 0 Å². The topological polar surface area (TPSA) is 73.2 Å². The van der Waals surface area contributed by atoms with Crippen LogP contribution in [0.2, 0.25) is 0 Å². The molecule has 0 aromatic heterocycles. The molecule has 1 atom stereocenters. The van der Waals surface area contributed by atoms with Gasteiger partial charge in [0.2, 0.25) is 10.0 Å². The van der Waals surface area contributed by atoms with Gasteiger partial charge >= 0.3 is 6.18 Å². The average molecular weight is 347 g/mol. The van der Waals surface area contributed by atoms with Crippen molar-refractivity contribution in [1.82, 2.24) is 9.62 Å². The van der Waals surface area contributed by atoms with Crippen LogP contribution in [-0.4, -0.2) is 39.4 Å². The van der Waals surface area contributed by atoms with Gasteiger partial charge in [-0.25, -0.2) is 8.42 Å². The predicted octanol–water partition coefficient (Wildman–Crippen LogP) is 1.81. The zero-order valence-electron chi connectivity index (χ0n) is 12.4. The molecule has 0 aliphatic carbocycles. The quantitative estimate of drug-likeness (QED) is 0.901. The highest BCUT2D eigenvalue weighted by molar-refractivity contribution is 7.89. The van der Waals surface area contributed by atoms with E-state index in [1.165, 1.54) is 10.4 Å². The summed E-state index contributed by atoms with van der Waals surface area (Å²) < 4.78 is 65.2. The molecular formula is C14H16F3N3O2S. The van der Waals surface area contributed by atoms with Gasteiger partial charge in [-0.05, 0) is 44.1 Å². The number of rotatable bonds is 4. The standard InChI is InChI=1S/C14H16F3N3O2S/c1-19-8-10-4-5-20(9-10)23(21,22)12-3-2-11(7-18)13(6-12)14(15,16)17/h2-3,6,10,19H,4-5,8-9H2,1H3. The fourth-order valence-corrected chi connectivity index (χ4v) is 4.19. The Hall–Kier alpha value is -1.63. The third kappa shape index (κ3) is 3.65. The van der Waals surface area contributed by atoms with Crippen LogP contribution in [0.4, 0.5) is 13.2 Å². The summed E-state index contributed by atoms with van der Waals surface area (Å²) in [4.78, 5) is -0.436. The number of sulfonamides is 1. The van der Waals surface area contributed by atoms with Crippen LogP contribution < -0.4 is 5.32 Å². The van der Waals surface area contributed by atoms with E-state index in [1.54, 1.807) is 7.05 Å². The van der Waals surface area contributed by atoms with Gasteiger partial charge in [0.05, 0.1) is 22.1 Å². The Morgan fingerprint density at radius 1 is 1.43 bits per heavy atom. The molecule has 0 spiro atoms. The number of nitrogens with one attached hydrogen (secondary N) is 1. The van der Waals surface area contributed by atoms with Gasteiger partial charge in [0.1, 0.15) is 0 Å².